The molecule has 0 aromatic carbocycles. The summed E-state index contributed by atoms with van der Waals surface area (Å²) in [4.78, 5) is 8.18. The molecule has 4 nitrogen and oxygen atoms in total. The monoisotopic (exact) mass is 213 g/mol. The summed E-state index contributed by atoms with van der Waals surface area (Å²) < 4.78 is 4.96. The van der Waals surface area contributed by atoms with Crippen LogP contribution in [0, 0.1) is 0 Å². The van der Waals surface area contributed by atoms with Crippen molar-refractivity contribution in [3.63, 3.8) is 0 Å². The number of nitrogens with zero attached hydrogens (tertiary/aromatic N) is 2. The minimum Gasteiger partial charge on any atom is -0.467 e. The molecule has 0 spiro atoms. The second kappa shape index (κ2) is 3.37. The van der Waals surface area contributed by atoms with E-state index in [0.29, 0.717) is 17.6 Å². The summed E-state index contributed by atoms with van der Waals surface area (Å²) in [5.41, 5.74) is 6.51. The third-order valence-electron chi connectivity index (χ3n) is 2.65. The van der Waals surface area contributed by atoms with Gasteiger partial charge in [-0.15, -0.1) is 0 Å². The fraction of sp³-hybridized carbons (Fsp3) is 0.556. The number of hydrogen-bond acceptors (Lipinski definition) is 4. The Hall–Kier alpha value is -0.870. The first-order valence-corrected chi connectivity index (χ1v) is 4.87. The summed E-state index contributed by atoms with van der Waals surface area (Å²) in [6.07, 6.45) is 3.66. The molecule has 5 heteroatoms. The van der Waals surface area contributed by atoms with Gasteiger partial charge >= 0.3 is 6.01 Å². The average Bonchev–Trinajstić information content (AvgIpc) is 2.99. The van der Waals surface area contributed by atoms with E-state index in [-0.39, 0.29) is 5.41 Å². The van der Waals surface area contributed by atoms with Crippen LogP contribution in [-0.4, -0.2) is 23.6 Å². The summed E-state index contributed by atoms with van der Waals surface area (Å²) in [5, 5.41) is 0.578. The van der Waals surface area contributed by atoms with Crippen LogP contribution in [0.3, 0.4) is 0 Å². The highest BCUT2D eigenvalue weighted by Gasteiger charge is 2.46. The zero-order valence-electron chi connectivity index (χ0n) is 7.96. The SMILES string of the molecule is COc1ncc(Cl)c(C2(CN)CC2)n1. The predicted molar refractivity (Wildman–Crippen MR) is 53.6 cm³/mol. The summed E-state index contributed by atoms with van der Waals surface area (Å²) >= 11 is 6.02. The second-order valence-electron chi connectivity index (χ2n) is 3.54. The van der Waals surface area contributed by atoms with E-state index in [1.54, 1.807) is 6.20 Å². The van der Waals surface area contributed by atoms with Crippen molar-refractivity contribution in [3.8, 4) is 6.01 Å². The molecular formula is C9H12ClN3O. The Morgan fingerprint density at radius 3 is 2.86 bits per heavy atom. The van der Waals surface area contributed by atoms with Crippen LogP contribution < -0.4 is 10.5 Å². The first-order valence-electron chi connectivity index (χ1n) is 4.49. The Balaban J connectivity index is 2.41. The van der Waals surface area contributed by atoms with Crippen LogP contribution >= 0.6 is 11.6 Å². The Bertz CT molecular complexity index is 352. The van der Waals surface area contributed by atoms with Crippen molar-refractivity contribution in [3.05, 3.63) is 16.9 Å². The number of hydrogen-bond donors (Lipinski definition) is 1. The molecule has 2 N–H and O–H groups in total. The summed E-state index contributed by atoms with van der Waals surface area (Å²) in [7, 11) is 1.54. The molecule has 1 aromatic heterocycles. The number of methoxy groups -OCH3 is 1. The van der Waals surface area contributed by atoms with E-state index in [4.69, 9.17) is 22.1 Å². The molecular weight excluding hydrogens is 202 g/mol. The van der Waals surface area contributed by atoms with Crippen molar-refractivity contribution >= 4 is 11.6 Å². The molecule has 0 aliphatic heterocycles. The lowest BCUT2D eigenvalue weighted by Crippen LogP contribution is -2.21. The summed E-state index contributed by atoms with van der Waals surface area (Å²) in [5.74, 6) is 0. The van der Waals surface area contributed by atoms with Gasteiger partial charge in [0, 0.05) is 12.0 Å². The van der Waals surface area contributed by atoms with Crippen LogP contribution in [0.5, 0.6) is 6.01 Å². The van der Waals surface area contributed by atoms with Gasteiger partial charge in [-0.3, -0.25) is 0 Å². The number of halogens is 1. The zero-order valence-corrected chi connectivity index (χ0v) is 8.71. The number of rotatable bonds is 3. The molecule has 14 heavy (non-hydrogen) atoms. The van der Waals surface area contributed by atoms with Crippen LogP contribution in [0.1, 0.15) is 18.5 Å². The lowest BCUT2D eigenvalue weighted by Gasteiger charge is -2.13. The standard InChI is InChI=1S/C9H12ClN3O/c1-14-8-12-4-6(10)7(13-8)9(5-11)2-3-9/h4H,2-3,5,11H2,1H3. The first-order chi connectivity index (χ1) is 6.72. The third-order valence-corrected chi connectivity index (χ3v) is 2.93. The molecule has 1 aromatic rings. The highest BCUT2D eigenvalue weighted by Crippen LogP contribution is 2.48. The first kappa shape index (κ1) is 9.68. The molecule has 1 heterocycles. The normalized spacial score (nSPS) is 17.9. The van der Waals surface area contributed by atoms with Crippen molar-refractivity contribution in [2.45, 2.75) is 18.3 Å². The van der Waals surface area contributed by atoms with Crippen molar-refractivity contribution in [1.29, 1.82) is 0 Å². The second-order valence-corrected chi connectivity index (χ2v) is 3.94. The molecule has 0 bridgehead atoms. The molecule has 0 atom stereocenters. The Kier molecular flexibility index (Phi) is 2.33. The summed E-state index contributed by atoms with van der Waals surface area (Å²) in [6.45, 7) is 0.576. The maximum Gasteiger partial charge on any atom is 0.316 e. The molecule has 0 amide bonds. The van der Waals surface area contributed by atoms with Gasteiger partial charge in [0.1, 0.15) is 0 Å². The zero-order chi connectivity index (χ0) is 10.2. The highest BCUT2D eigenvalue weighted by molar-refractivity contribution is 6.31. The predicted octanol–water partition coefficient (Wildman–Crippen LogP) is 1.13. The smallest absolute Gasteiger partial charge is 0.316 e. The van der Waals surface area contributed by atoms with Crippen LogP contribution in [0.2, 0.25) is 5.02 Å². The van der Waals surface area contributed by atoms with Crippen LogP contribution in [-0.2, 0) is 5.41 Å². The quantitative estimate of drug-likeness (QED) is 0.818. The highest BCUT2D eigenvalue weighted by atomic mass is 35.5. The number of aromatic nitrogens is 2. The van der Waals surface area contributed by atoms with E-state index in [0.717, 1.165) is 18.5 Å². The van der Waals surface area contributed by atoms with Gasteiger partial charge in [-0.2, -0.15) is 4.98 Å². The van der Waals surface area contributed by atoms with Gasteiger partial charge in [0.15, 0.2) is 0 Å². The van der Waals surface area contributed by atoms with E-state index in [1.807, 2.05) is 0 Å². The molecule has 1 aliphatic rings. The van der Waals surface area contributed by atoms with Gasteiger partial charge in [0.05, 0.1) is 24.0 Å². The van der Waals surface area contributed by atoms with E-state index < -0.39 is 0 Å². The van der Waals surface area contributed by atoms with Crippen LogP contribution in [0.25, 0.3) is 0 Å². The summed E-state index contributed by atoms with van der Waals surface area (Å²) in [6, 6.07) is 0.351. The fourth-order valence-electron chi connectivity index (χ4n) is 1.51. The average molecular weight is 214 g/mol. The Labute approximate surface area is 87.4 Å². The van der Waals surface area contributed by atoms with E-state index in [1.165, 1.54) is 7.11 Å². The lowest BCUT2D eigenvalue weighted by atomic mass is 10.0. The van der Waals surface area contributed by atoms with Gasteiger partial charge < -0.3 is 10.5 Å². The molecule has 0 unspecified atom stereocenters. The van der Waals surface area contributed by atoms with Crippen molar-refractivity contribution in [1.82, 2.24) is 9.97 Å². The topological polar surface area (TPSA) is 61.0 Å². The van der Waals surface area contributed by atoms with Gasteiger partial charge in [0.25, 0.3) is 0 Å². The molecule has 1 saturated carbocycles. The number of nitrogens with two attached hydrogens (primary N) is 1. The van der Waals surface area contributed by atoms with E-state index in [2.05, 4.69) is 9.97 Å². The molecule has 1 fully saturated rings. The van der Waals surface area contributed by atoms with Crippen molar-refractivity contribution in [2.24, 2.45) is 5.73 Å². The molecule has 0 saturated heterocycles. The number of ether oxygens (including phenoxy) is 1. The Morgan fingerprint density at radius 1 is 1.64 bits per heavy atom. The van der Waals surface area contributed by atoms with E-state index in [9.17, 15) is 0 Å². The minimum absolute atomic E-state index is 0.0205. The third kappa shape index (κ3) is 1.44. The maximum atomic E-state index is 6.02. The van der Waals surface area contributed by atoms with Crippen LogP contribution in [0.15, 0.2) is 6.20 Å². The van der Waals surface area contributed by atoms with Gasteiger partial charge in [0.2, 0.25) is 0 Å². The Morgan fingerprint density at radius 2 is 2.36 bits per heavy atom. The van der Waals surface area contributed by atoms with Gasteiger partial charge in [-0.1, -0.05) is 11.6 Å². The largest absolute Gasteiger partial charge is 0.467 e. The lowest BCUT2D eigenvalue weighted by molar-refractivity contribution is 0.376. The molecule has 76 valence electrons. The molecule has 0 radical (unpaired) electrons. The molecule has 2 rings (SSSR count). The minimum atomic E-state index is -0.0205. The van der Waals surface area contributed by atoms with Gasteiger partial charge in [-0.25, -0.2) is 4.98 Å². The van der Waals surface area contributed by atoms with Gasteiger partial charge in [-0.05, 0) is 12.8 Å². The fourth-order valence-corrected chi connectivity index (χ4v) is 1.80. The maximum absolute atomic E-state index is 6.02. The van der Waals surface area contributed by atoms with Crippen molar-refractivity contribution < 1.29 is 4.74 Å². The van der Waals surface area contributed by atoms with Crippen molar-refractivity contribution in [2.75, 3.05) is 13.7 Å². The van der Waals surface area contributed by atoms with E-state index >= 15 is 0 Å². The molecule has 1 aliphatic carbocycles. The van der Waals surface area contributed by atoms with Crippen LogP contribution in [0.4, 0.5) is 0 Å².